The molecule has 0 amide bonds. The highest BCUT2D eigenvalue weighted by Crippen LogP contribution is 2.37. The van der Waals surface area contributed by atoms with Gasteiger partial charge in [0.2, 0.25) is 0 Å². The van der Waals surface area contributed by atoms with Gasteiger partial charge in [-0.05, 0) is 25.8 Å². The van der Waals surface area contributed by atoms with E-state index in [0.717, 1.165) is 57.1 Å². The molecule has 17 heavy (non-hydrogen) atoms. The van der Waals surface area contributed by atoms with Crippen LogP contribution in [0.25, 0.3) is 0 Å². The molecule has 5 heteroatoms. The van der Waals surface area contributed by atoms with E-state index in [0.29, 0.717) is 5.92 Å². The summed E-state index contributed by atoms with van der Waals surface area (Å²) in [6.07, 6.45) is 3.43. The largest absolute Gasteiger partial charge is 0.355 e. The molecular formula is C12H18N4O. The Balaban J connectivity index is 1.87. The van der Waals surface area contributed by atoms with E-state index in [9.17, 15) is 4.79 Å². The average Bonchev–Trinajstić information content (AvgIpc) is 3.16. The number of aromatic nitrogens is 2. The van der Waals surface area contributed by atoms with Crippen molar-refractivity contribution in [3.05, 3.63) is 22.2 Å². The van der Waals surface area contributed by atoms with Crippen LogP contribution in [0.15, 0.2) is 10.9 Å². The fourth-order valence-corrected chi connectivity index (χ4v) is 2.25. The summed E-state index contributed by atoms with van der Waals surface area (Å²) in [6, 6.07) is 1.62. The van der Waals surface area contributed by atoms with Crippen LogP contribution in [0.5, 0.6) is 0 Å². The first kappa shape index (κ1) is 10.8. The lowest BCUT2D eigenvalue weighted by Crippen LogP contribution is -2.30. The number of nitrogens with zero attached hydrogens (tertiary/aromatic N) is 2. The lowest BCUT2D eigenvalue weighted by Gasteiger charge is -2.21. The zero-order valence-corrected chi connectivity index (χ0v) is 9.91. The number of nitrogens with one attached hydrogen (secondary N) is 2. The lowest BCUT2D eigenvalue weighted by atomic mass is 10.3. The smallest absolute Gasteiger partial charge is 0.252 e. The molecule has 2 N–H and O–H groups in total. The molecule has 2 aliphatic rings. The third-order valence-electron chi connectivity index (χ3n) is 3.37. The Bertz CT molecular complexity index is 444. The Hall–Kier alpha value is -1.36. The number of H-pyrrole nitrogens is 1. The van der Waals surface area contributed by atoms with E-state index in [1.165, 1.54) is 0 Å². The monoisotopic (exact) mass is 234 g/mol. The molecule has 1 aliphatic carbocycles. The van der Waals surface area contributed by atoms with Crippen LogP contribution in [0.4, 0.5) is 5.82 Å². The fourth-order valence-electron chi connectivity index (χ4n) is 2.25. The maximum atomic E-state index is 11.6. The Morgan fingerprint density at radius 3 is 3.00 bits per heavy atom. The van der Waals surface area contributed by atoms with Crippen LogP contribution >= 0.6 is 0 Å². The van der Waals surface area contributed by atoms with Gasteiger partial charge in [-0.25, -0.2) is 4.98 Å². The van der Waals surface area contributed by atoms with Gasteiger partial charge in [0.25, 0.3) is 5.56 Å². The summed E-state index contributed by atoms with van der Waals surface area (Å²) >= 11 is 0. The molecular weight excluding hydrogens is 216 g/mol. The first-order valence-corrected chi connectivity index (χ1v) is 6.40. The van der Waals surface area contributed by atoms with Crippen LogP contribution in [0, 0.1) is 0 Å². The van der Waals surface area contributed by atoms with Crippen LogP contribution in [0.3, 0.4) is 0 Å². The second kappa shape index (κ2) is 4.49. The Labute approximate surface area is 100 Å². The maximum Gasteiger partial charge on any atom is 0.252 e. The van der Waals surface area contributed by atoms with Gasteiger partial charge in [0, 0.05) is 31.6 Å². The Morgan fingerprint density at radius 2 is 2.18 bits per heavy atom. The van der Waals surface area contributed by atoms with E-state index >= 15 is 0 Å². The topological polar surface area (TPSA) is 61.0 Å². The van der Waals surface area contributed by atoms with Crippen molar-refractivity contribution in [3.63, 3.8) is 0 Å². The van der Waals surface area contributed by atoms with Crippen LogP contribution in [0.1, 0.15) is 31.0 Å². The summed E-state index contributed by atoms with van der Waals surface area (Å²) in [4.78, 5) is 21.3. The van der Waals surface area contributed by atoms with Crippen molar-refractivity contribution in [3.8, 4) is 0 Å². The quantitative estimate of drug-likeness (QED) is 0.780. The summed E-state index contributed by atoms with van der Waals surface area (Å²) in [6.45, 7) is 3.93. The number of aromatic amines is 1. The molecule has 0 bridgehead atoms. The normalized spacial score (nSPS) is 21.3. The van der Waals surface area contributed by atoms with Gasteiger partial charge in [0.05, 0.1) is 0 Å². The molecule has 1 saturated carbocycles. The van der Waals surface area contributed by atoms with E-state index in [1.54, 1.807) is 6.07 Å². The minimum atomic E-state index is -0.0193. The van der Waals surface area contributed by atoms with Gasteiger partial charge in [0.15, 0.2) is 0 Å². The van der Waals surface area contributed by atoms with Crippen molar-refractivity contribution in [1.29, 1.82) is 0 Å². The molecule has 1 aliphatic heterocycles. The van der Waals surface area contributed by atoms with Crippen molar-refractivity contribution in [1.82, 2.24) is 15.3 Å². The zero-order chi connectivity index (χ0) is 11.7. The molecule has 2 heterocycles. The molecule has 0 radical (unpaired) electrons. The summed E-state index contributed by atoms with van der Waals surface area (Å²) in [7, 11) is 0. The Kier molecular flexibility index (Phi) is 2.84. The van der Waals surface area contributed by atoms with E-state index in [2.05, 4.69) is 20.2 Å². The van der Waals surface area contributed by atoms with Crippen LogP contribution in [0.2, 0.25) is 0 Å². The van der Waals surface area contributed by atoms with Crippen molar-refractivity contribution in [2.24, 2.45) is 0 Å². The molecule has 0 unspecified atom stereocenters. The summed E-state index contributed by atoms with van der Waals surface area (Å²) in [5.74, 6) is 2.22. The summed E-state index contributed by atoms with van der Waals surface area (Å²) in [5.41, 5.74) is -0.0193. The van der Waals surface area contributed by atoms with Gasteiger partial charge in [-0.3, -0.25) is 4.79 Å². The standard InChI is InChI=1S/C12H18N4O/c17-11-8-10(14-12(15-11)9-2-3-9)16-6-1-4-13-5-7-16/h8-9,13H,1-7H2,(H,14,15,17). The first-order chi connectivity index (χ1) is 8.33. The number of hydrogen-bond acceptors (Lipinski definition) is 4. The third kappa shape index (κ3) is 2.49. The molecule has 2 fully saturated rings. The molecule has 1 aromatic rings. The number of anilines is 1. The second-order valence-electron chi connectivity index (χ2n) is 4.85. The molecule has 0 spiro atoms. The highest BCUT2D eigenvalue weighted by atomic mass is 16.1. The molecule has 0 atom stereocenters. The van der Waals surface area contributed by atoms with E-state index in [4.69, 9.17) is 0 Å². The molecule has 1 saturated heterocycles. The lowest BCUT2D eigenvalue weighted by molar-refractivity contribution is 0.724. The van der Waals surface area contributed by atoms with E-state index < -0.39 is 0 Å². The van der Waals surface area contributed by atoms with E-state index in [-0.39, 0.29) is 5.56 Å². The Morgan fingerprint density at radius 1 is 1.29 bits per heavy atom. The molecule has 0 aromatic carbocycles. The molecule has 92 valence electrons. The third-order valence-corrected chi connectivity index (χ3v) is 3.37. The van der Waals surface area contributed by atoms with Crippen molar-refractivity contribution >= 4 is 5.82 Å². The highest BCUT2D eigenvalue weighted by Gasteiger charge is 2.27. The number of rotatable bonds is 2. The van der Waals surface area contributed by atoms with Crippen LogP contribution in [-0.4, -0.2) is 36.1 Å². The first-order valence-electron chi connectivity index (χ1n) is 6.40. The van der Waals surface area contributed by atoms with Crippen molar-refractivity contribution in [2.75, 3.05) is 31.1 Å². The van der Waals surface area contributed by atoms with Crippen LogP contribution < -0.4 is 15.8 Å². The van der Waals surface area contributed by atoms with Crippen molar-refractivity contribution < 1.29 is 0 Å². The predicted molar refractivity (Wildman–Crippen MR) is 66.5 cm³/mol. The van der Waals surface area contributed by atoms with Gasteiger partial charge < -0.3 is 15.2 Å². The van der Waals surface area contributed by atoms with Gasteiger partial charge >= 0.3 is 0 Å². The fraction of sp³-hybridized carbons (Fsp3) is 0.667. The van der Waals surface area contributed by atoms with Gasteiger partial charge in [-0.1, -0.05) is 0 Å². The second-order valence-corrected chi connectivity index (χ2v) is 4.85. The van der Waals surface area contributed by atoms with Gasteiger partial charge in [-0.2, -0.15) is 0 Å². The molecule has 5 nitrogen and oxygen atoms in total. The summed E-state index contributed by atoms with van der Waals surface area (Å²) < 4.78 is 0. The van der Waals surface area contributed by atoms with E-state index in [1.807, 2.05) is 0 Å². The molecule has 3 rings (SSSR count). The molecule has 1 aromatic heterocycles. The maximum absolute atomic E-state index is 11.6. The average molecular weight is 234 g/mol. The minimum absolute atomic E-state index is 0.0193. The van der Waals surface area contributed by atoms with Gasteiger partial charge in [0.1, 0.15) is 11.6 Å². The van der Waals surface area contributed by atoms with Crippen LogP contribution in [-0.2, 0) is 0 Å². The minimum Gasteiger partial charge on any atom is -0.355 e. The SMILES string of the molecule is O=c1cc(N2CCCNCC2)nc(C2CC2)[nH]1. The number of hydrogen-bond donors (Lipinski definition) is 2. The summed E-state index contributed by atoms with van der Waals surface area (Å²) in [5, 5.41) is 3.36. The predicted octanol–water partition coefficient (Wildman–Crippen LogP) is 0.447. The van der Waals surface area contributed by atoms with Crippen molar-refractivity contribution in [2.45, 2.75) is 25.2 Å². The zero-order valence-electron chi connectivity index (χ0n) is 9.91. The van der Waals surface area contributed by atoms with Gasteiger partial charge in [-0.15, -0.1) is 0 Å². The highest BCUT2D eigenvalue weighted by molar-refractivity contribution is 5.38.